The van der Waals surface area contributed by atoms with E-state index in [2.05, 4.69) is 30.8 Å². The molecule has 1 amide bonds. The Balaban J connectivity index is 1.94. The average molecular weight is 281 g/mol. The van der Waals surface area contributed by atoms with E-state index in [0.29, 0.717) is 24.3 Å². The number of nitrogens with zero attached hydrogens (tertiary/aromatic N) is 3. The van der Waals surface area contributed by atoms with Crippen LogP contribution in [-0.2, 0) is 6.42 Å². The Morgan fingerprint density at radius 2 is 2.32 bits per heavy atom. The van der Waals surface area contributed by atoms with Crippen molar-refractivity contribution in [3.63, 3.8) is 0 Å². The van der Waals surface area contributed by atoms with Gasteiger partial charge >= 0.3 is 0 Å². The van der Waals surface area contributed by atoms with Crippen molar-refractivity contribution < 1.29 is 4.79 Å². The van der Waals surface area contributed by atoms with Gasteiger partial charge in [-0.25, -0.2) is 9.97 Å². The normalized spacial score (nSPS) is 10.2. The van der Waals surface area contributed by atoms with Gasteiger partial charge in [-0.15, -0.1) is 0 Å². The monoisotopic (exact) mass is 280 g/mol. The van der Waals surface area contributed by atoms with Gasteiger partial charge in [0.15, 0.2) is 0 Å². The van der Waals surface area contributed by atoms with Crippen molar-refractivity contribution in [2.75, 3.05) is 18.9 Å². The van der Waals surface area contributed by atoms with Crippen molar-refractivity contribution >= 4 is 23.3 Å². The summed E-state index contributed by atoms with van der Waals surface area (Å²) < 4.78 is 0. The lowest BCUT2D eigenvalue weighted by Gasteiger charge is -2.06. The lowest BCUT2D eigenvalue weighted by molar-refractivity contribution is 0.0954. The highest BCUT2D eigenvalue weighted by molar-refractivity contribution is 6.29. The van der Waals surface area contributed by atoms with Gasteiger partial charge in [-0.3, -0.25) is 9.89 Å². The van der Waals surface area contributed by atoms with Crippen LogP contribution in [0.15, 0.2) is 18.5 Å². The summed E-state index contributed by atoms with van der Waals surface area (Å²) >= 11 is 5.83. The SMILES string of the molecule is CNc1cc(C(=O)NCCc2ncn[nH]2)cc(Cl)n1. The molecule has 100 valence electrons. The first kappa shape index (κ1) is 13.3. The first-order chi connectivity index (χ1) is 9.19. The van der Waals surface area contributed by atoms with E-state index in [1.165, 1.54) is 12.4 Å². The molecule has 0 radical (unpaired) electrons. The largest absolute Gasteiger partial charge is 0.373 e. The van der Waals surface area contributed by atoms with E-state index in [9.17, 15) is 4.79 Å². The molecule has 0 saturated heterocycles. The van der Waals surface area contributed by atoms with Crippen LogP contribution in [0, 0.1) is 0 Å². The molecule has 0 aliphatic heterocycles. The fourth-order valence-electron chi connectivity index (χ4n) is 1.50. The third-order valence-corrected chi connectivity index (χ3v) is 2.62. The zero-order chi connectivity index (χ0) is 13.7. The van der Waals surface area contributed by atoms with E-state index < -0.39 is 0 Å². The molecular weight excluding hydrogens is 268 g/mol. The number of nitrogens with one attached hydrogen (secondary N) is 3. The molecular formula is C11H13ClN6O. The second kappa shape index (κ2) is 6.14. The Morgan fingerprint density at radius 3 is 3.00 bits per heavy atom. The zero-order valence-corrected chi connectivity index (χ0v) is 11.0. The van der Waals surface area contributed by atoms with Gasteiger partial charge in [-0.2, -0.15) is 5.10 Å². The number of anilines is 1. The molecule has 2 aromatic rings. The fourth-order valence-corrected chi connectivity index (χ4v) is 1.71. The highest BCUT2D eigenvalue weighted by atomic mass is 35.5. The maximum atomic E-state index is 11.9. The minimum Gasteiger partial charge on any atom is -0.373 e. The summed E-state index contributed by atoms with van der Waals surface area (Å²) in [5, 5.41) is 12.3. The van der Waals surface area contributed by atoms with Gasteiger partial charge in [0.05, 0.1) is 0 Å². The fraction of sp³-hybridized carbons (Fsp3) is 0.273. The minimum absolute atomic E-state index is 0.208. The summed E-state index contributed by atoms with van der Waals surface area (Å²) in [6.45, 7) is 0.461. The van der Waals surface area contributed by atoms with Crippen LogP contribution < -0.4 is 10.6 Å². The van der Waals surface area contributed by atoms with E-state index in [1.807, 2.05) is 0 Å². The second-order valence-electron chi connectivity index (χ2n) is 3.75. The number of aromatic nitrogens is 4. The first-order valence-corrected chi connectivity index (χ1v) is 6.04. The van der Waals surface area contributed by atoms with E-state index in [4.69, 9.17) is 11.6 Å². The standard InChI is InChI=1S/C11H13ClN6O/c1-13-10-5-7(4-8(12)17-10)11(19)14-3-2-9-15-6-16-18-9/h4-6H,2-3H2,1H3,(H,13,17)(H,14,19)(H,15,16,18). The van der Waals surface area contributed by atoms with Crippen LogP contribution in [0.1, 0.15) is 16.2 Å². The van der Waals surface area contributed by atoms with Gasteiger partial charge in [0.25, 0.3) is 5.91 Å². The van der Waals surface area contributed by atoms with Gasteiger partial charge in [-0.05, 0) is 12.1 Å². The molecule has 0 unspecified atom stereocenters. The van der Waals surface area contributed by atoms with E-state index in [0.717, 1.165) is 5.82 Å². The number of carbonyl (C=O) groups excluding carboxylic acids is 1. The number of pyridine rings is 1. The van der Waals surface area contributed by atoms with Gasteiger partial charge in [0.2, 0.25) is 0 Å². The maximum absolute atomic E-state index is 11.9. The van der Waals surface area contributed by atoms with Gasteiger partial charge in [0, 0.05) is 25.6 Å². The number of halogens is 1. The molecule has 0 spiro atoms. The topological polar surface area (TPSA) is 95.6 Å². The minimum atomic E-state index is -0.208. The van der Waals surface area contributed by atoms with Crippen molar-refractivity contribution in [2.45, 2.75) is 6.42 Å². The average Bonchev–Trinajstić information content (AvgIpc) is 2.91. The molecule has 2 rings (SSSR count). The Labute approximate surface area is 114 Å². The summed E-state index contributed by atoms with van der Waals surface area (Å²) in [5.41, 5.74) is 0.460. The van der Waals surface area contributed by atoms with E-state index in [-0.39, 0.29) is 11.1 Å². The zero-order valence-electron chi connectivity index (χ0n) is 10.3. The number of rotatable bonds is 5. The number of H-pyrrole nitrogens is 1. The molecule has 7 nitrogen and oxygen atoms in total. The molecule has 2 heterocycles. The molecule has 3 N–H and O–H groups in total. The predicted octanol–water partition coefficient (Wildman–Crippen LogP) is 0.867. The van der Waals surface area contributed by atoms with Gasteiger partial charge in [-0.1, -0.05) is 11.6 Å². The molecule has 0 bridgehead atoms. The van der Waals surface area contributed by atoms with Crippen LogP contribution in [-0.4, -0.2) is 39.7 Å². The van der Waals surface area contributed by atoms with Crippen molar-refractivity contribution in [1.29, 1.82) is 0 Å². The number of aromatic amines is 1. The molecule has 0 aliphatic carbocycles. The summed E-state index contributed by atoms with van der Waals surface area (Å²) in [6, 6.07) is 3.15. The Morgan fingerprint density at radius 1 is 1.47 bits per heavy atom. The third kappa shape index (κ3) is 3.65. The molecule has 0 atom stereocenters. The Bertz CT molecular complexity index is 556. The highest BCUT2D eigenvalue weighted by Gasteiger charge is 2.08. The van der Waals surface area contributed by atoms with Crippen LogP contribution in [0.25, 0.3) is 0 Å². The number of carbonyl (C=O) groups is 1. The summed E-state index contributed by atoms with van der Waals surface area (Å²) in [4.78, 5) is 19.9. The van der Waals surface area contributed by atoms with Crippen LogP contribution in [0.2, 0.25) is 5.15 Å². The lowest BCUT2D eigenvalue weighted by Crippen LogP contribution is -2.26. The maximum Gasteiger partial charge on any atom is 0.251 e. The van der Waals surface area contributed by atoms with Crippen molar-refractivity contribution in [1.82, 2.24) is 25.5 Å². The molecule has 0 aromatic carbocycles. The third-order valence-electron chi connectivity index (χ3n) is 2.42. The summed E-state index contributed by atoms with van der Waals surface area (Å²) in [5.74, 6) is 1.07. The van der Waals surface area contributed by atoms with Crippen molar-refractivity contribution in [3.05, 3.63) is 35.0 Å². The molecule has 0 aliphatic rings. The summed E-state index contributed by atoms with van der Waals surface area (Å²) in [6.07, 6.45) is 2.02. The second-order valence-corrected chi connectivity index (χ2v) is 4.14. The van der Waals surface area contributed by atoms with E-state index >= 15 is 0 Å². The summed E-state index contributed by atoms with van der Waals surface area (Å²) in [7, 11) is 1.71. The molecule has 0 saturated carbocycles. The molecule has 0 fully saturated rings. The molecule has 2 aromatic heterocycles. The Hall–Kier alpha value is -2.15. The van der Waals surface area contributed by atoms with E-state index in [1.54, 1.807) is 13.1 Å². The highest BCUT2D eigenvalue weighted by Crippen LogP contribution is 2.13. The number of amides is 1. The van der Waals surface area contributed by atoms with Gasteiger partial charge < -0.3 is 10.6 Å². The van der Waals surface area contributed by atoms with Crippen LogP contribution in [0.4, 0.5) is 5.82 Å². The van der Waals surface area contributed by atoms with Crippen LogP contribution in [0.5, 0.6) is 0 Å². The predicted molar refractivity (Wildman–Crippen MR) is 71.2 cm³/mol. The number of hydrogen-bond donors (Lipinski definition) is 3. The Kier molecular flexibility index (Phi) is 4.30. The quantitative estimate of drug-likeness (QED) is 0.706. The van der Waals surface area contributed by atoms with Crippen molar-refractivity contribution in [3.8, 4) is 0 Å². The van der Waals surface area contributed by atoms with Gasteiger partial charge in [0.1, 0.15) is 23.1 Å². The van der Waals surface area contributed by atoms with Crippen molar-refractivity contribution in [2.24, 2.45) is 0 Å². The van der Waals surface area contributed by atoms with Crippen LogP contribution >= 0.6 is 11.6 Å². The smallest absolute Gasteiger partial charge is 0.251 e. The lowest BCUT2D eigenvalue weighted by atomic mass is 10.2. The first-order valence-electron chi connectivity index (χ1n) is 5.67. The van der Waals surface area contributed by atoms with Crippen LogP contribution in [0.3, 0.4) is 0 Å². The number of hydrogen-bond acceptors (Lipinski definition) is 5. The molecule has 8 heteroatoms. The molecule has 19 heavy (non-hydrogen) atoms.